The van der Waals surface area contributed by atoms with E-state index in [9.17, 15) is 9.90 Å². The Morgan fingerprint density at radius 2 is 2.08 bits per heavy atom. The molecule has 0 spiro atoms. The smallest absolute Gasteiger partial charge is 0.344 e. The van der Waals surface area contributed by atoms with Gasteiger partial charge in [-0.2, -0.15) is 0 Å². The second kappa shape index (κ2) is 2.69. The molecule has 0 saturated heterocycles. The number of ether oxygens (including phenoxy) is 2. The highest BCUT2D eigenvalue weighted by Crippen LogP contribution is 2.27. The van der Waals surface area contributed by atoms with E-state index in [1.807, 2.05) is 0 Å². The van der Waals surface area contributed by atoms with Crippen LogP contribution in [0, 0.1) is 0 Å². The van der Waals surface area contributed by atoms with Crippen molar-refractivity contribution in [3.05, 3.63) is 11.5 Å². The van der Waals surface area contributed by atoms with E-state index >= 15 is 0 Å². The van der Waals surface area contributed by atoms with Gasteiger partial charge in [0.2, 0.25) is 0 Å². The summed E-state index contributed by atoms with van der Waals surface area (Å²) in [5.74, 6) is -1.88. The Balaban J connectivity index is 2.92. The molecule has 0 radical (unpaired) electrons. The number of aliphatic hydroxyl groups excluding tert-OH is 1. The van der Waals surface area contributed by atoms with Crippen LogP contribution >= 0.6 is 0 Å². The molecule has 0 aromatic rings. The molecule has 0 fully saturated rings. The molecule has 1 aliphatic rings. The first-order valence-corrected chi connectivity index (χ1v) is 3.80. The zero-order valence-corrected chi connectivity index (χ0v) is 7.38. The molecular weight excluding hydrogens is 160 g/mol. The number of hydrogen-bond donors (Lipinski definition) is 1. The highest BCUT2D eigenvalue weighted by molar-refractivity contribution is 5.88. The average Bonchev–Trinajstić information content (AvgIpc) is 2.00. The lowest BCUT2D eigenvalue weighted by Crippen LogP contribution is -2.38. The topological polar surface area (TPSA) is 55.8 Å². The highest BCUT2D eigenvalue weighted by Gasteiger charge is 2.36. The summed E-state index contributed by atoms with van der Waals surface area (Å²) >= 11 is 0. The van der Waals surface area contributed by atoms with E-state index in [0.29, 0.717) is 6.42 Å². The molecule has 0 aromatic heterocycles. The molecule has 0 saturated carbocycles. The number of aliphatic hydroxyl groups is 1. The fraction of sp³-hybridized carbons (Fsp3) is 0.625. The molecule has 1 aliphatic heterocycles. The van der Waals surface area contributed by atoms with Crippen LogP contribution in [0.1, 0.15) is 27.2 Å². The van der Waals surface area contributed by atoms with Crippen molar-refractivity contribution in [2.75, 3.05) is 0 Å². The average molecular weight is 172 g/mol. The minimum absolute atomic E-state index is 0.112. The fourth-order valence-corrected chi connectivity index (χ4v) is 0.806. The molecule has 1 atom stereocenters. The number of cyclic esters (lactones) is 1. The second-order valence-corrected chi connectivity index (χ2v) is 2.91. The maximum atomic E-state index is 11.1. The minimum atomic E-state index is -1.01. The van der Waals surface area contributed by atoms with Gasteiger partial charge in [-0.1, -0.05) is 6.92 Å². The third-order valence-electron chi connectivity index (χ3n) is 1.89. The van der Waals surface area contributed by atoms with Crippen LogP contribution in [0.15, 0.2) is 11.5 Å². The first kappa shape index (κ1) is 8.90. The Bertz CT molecular complexity index is 243. The van der Waals surface area contributed by atoms with Crippen LogP contribution in [0.4, 0.5) is 0 Å². The van der Waals surface area contributed by atoms with Gasteiger partial charge in [-0.25, -0.2) is 4.79 Å². The Kier molecular flexibility index (Phi) is 2.00. The van der Waals surface area contributed by atoms with Crippen molar-refractivity contribution in [2.24, 2.45) is 0 Å². The van der Waals surface area contributed by atoms with Crippen molar-refractivity contribution in [2.45, 2.75) is 33.0 Å². The van der Waals surface area contributed by atoms with E-state index in [1.54, 1.807) is 13.8 Å². The van der Waals surface area contributed by atoms with Crippen molar-refractivity contribution in [3.63, 3.8) is 0 Å². The van der Waals surface area contributed by atoms with Crippen LogP contribution in [0.2, 0.25) is 0 Å². The SMILES string of the molecule is CCC1(C)OC(=O)C(C)=C(O)O1. The van der Waals surface area contributed by atoms with Gasteiger partial charge in [0.15, 0.2) is 0 Å². The minimum Gasteiger partial charge on any atom is -0.481 e. The molecule has 1 N–H and O–H groups in total. The van der Waals surface area contributed by atoms with E-state index < -0.39 is 11.8 Å². The van der Waals surface area contributed by atoms with Gasteiger partial charge in [-0.3, -0.25) is 0 Å². The summed E-state index contributed by atoms with van der Waals surface area (Å²) < 4.78 is 9.92. The lowest BCUT2D eigenvalue weighted by atomic mass is 10.2. The van der Waals surface area contributed by atoms with Gasteiger partial charge >= 0.3 is 5.97 Å². The molecule has 1 rings (SSSR count). The van der Waals surface area contributed by atoms with Crippen LogP contribution in [0.25, 0.3) is 0 Å². The summed E-state index contributed by atoms with van der Waals surface area (Å²) in [6, 6.07) is 0. The van der Waals surface area contributed by atoms with Crippen molar-refractivity contribution < 1.29 is 19.4 Å². The Morgan fingerprint density at radius 1 is 1.50 bits per heavy atom. The number of carbonyl (C=O) groups is 1. The van der Waals surface area contributed by atoms with E-state index in [2.05, 4.69) is 0 Å². The van der Waals surface area contributed by atoms with Gasteiger partial charge in [-0.05, 0) is 6.92 Å². The van der Waals surface area contributed by atoms with E-state index in [-0.39, 0.29) is 11.5 Å². The number of esters is 1. The van der Waals surface area contributed by atoms with Crippen LogP contribution in [-0.4, -0.2) is 16.9 Å². The van der Waals surface area contributed by atoms with Gasteiger partial charge < -0.3 is 14.6 Å². The molecule has 1 heterocycles. The third-order valence-corrected chi connectivity index (χ3v) is 1.89. The Hall–Kier alpha value is -1.19. The van der Waals surface area contributed by atoms with Gasteiger partial charge in [0.1, 0.15) is 5.57 Å². The maximum Gasteiger partial charge on any atom is 0.344 e. The monoisotopic (exact) mass is 172 g/mol. The largest absolute Gasteiger partial charge is 0.481 e. The van der Waals surface area contributed by atoms with E-state index in [1.165, 1.54) is 6.92 Å². The second-order valence-electron chi connectivity index (χ2n) is 2.91. The van der Waals surface area contributed by atoms with Crippen molar-refractivity contribution in [3.8, 4) is 0 Å². The Labute approximate surface area is 70.8 Å². The van der Waals surface area contributed by atoms with Crippen molar-refractivity contribution >= 4 is 5.97 Å². The third kappa shape index (κ3) is 1.37. The molecule has 1 unspecified atom stereocenters. The highest BCUT2D eigenvalue weighted by atomic mass is 16.8. The lowest BCUT2D eigenvalue weighted by Gasteiger charge is -2.32. The maximum absolute atomic E-state index is 11.1. The molecule has 0 bridgehead atoms. The summed E-state index contributed by atoms with van der Waals surface area (Å²) in [5, 5.41) is 9.17. The van der Waals surface area contributed by atoms with Crippen LogP contribution < -0.4 is 0 Å². The van der Waals surface area contributed by atoms with E-state index in [4.69, 9.17) is 9.47 Å². The summed E-state index contributed by atoms with van der Waals surface area (Å²) in [5.41, 5.74) is 0.112. The van der Waals surface area contributed by atoms with Gasteiger partial charge in [0, 0.05) is 13.3 Å². The molecule has 0 aliphatic carbocycles. The lowest BCUT2D eigenvalue weighted by molar-refractivity contribution is -0.231. The molecule has 12 heavy (non-hydrogen) atoms. The predicted octanol–water partition coefficient (Wildman–Crippen LogP) is 1.48. The molecular formula is C8H12O4. The standard InChI is InChI=1S/C8H12O4/c1-4-8(3)11-6(9)5(2)7(10)12-8/h9H,4H2,1-3H3. The van der Waals surface area contributed by atoms with Crippen LogP contribution in [0.5, 0.6) is 0 Å². The van der Waals surface area contributed by atoms with Crippen molar-refractivity contribution in [1.29, 1.82) is 0 Å². The normalized spacial score (nSPS) is 29.8. The molecule has 0 aromatic carbocycles. The first-order chi connectivity index (χ1) is 5.48. The first-order valence-electron chi connectivity index (χ1n) is 3.80. The van der Waals surface area contributed by atoms with Crippen LogP contribution in [0.3, 0.4) is 0 Å². The summed E-state index contributed by atoms with van der Waals surface area (Å²) in [6.07, 6.45) is 0.496. The summed E-state index contributed by atoms with van der Waals surface area (Å²) in [4.78, 5) is 11.1. The molecule has 0 amide bonds. The summed E-state index contributed by atoms with van der Waals surface area (Å²) in [6.45, 7) is 4.86. The van der Waals surface area contributed by atoms with Gasteiger partial charge in [0.25, 0.3) is 11.7 Å². The number of hydrogen-bond acceptors (Lipinski definition) is 4. The predicted molar refractivity (Wildman–Crippen MR) is 41.2 cm³/mol. The number of carbonyl (C=O) groups excluding carboxylic acids is 1. The zero-order chi connectivity index (χ0) is 9.35. The Morgan fingerprint density at radius 3 is 2.50 bits per heavy atom. The van der Waals surface area contributed by atoms with Gasteiger partial charge in [0.05, 0.1) is 0 Å². The molecule has 68 valence electrons. The molecule has 4 heteroatoms. The zero-order valence-electron chi connectivity index (χ0n) is 7.38. The van der Waals surface area contributed by atoms with E-state index in [0.717, 1.165) is 0 Å². The number of rotatable bonds is 1. The quantitative estimate of drug-likeness (QED) is 0.608. The molecule has 4 nitrogen and oxygen atoms in total. The van der Waals surface area contributed by atoms with Gasteiger partial charge in [-0.15, -0.1) is 0 Å². The van der Waals surface area contributed by atoms with Crippen LogP contribution in [-0.2, 0) is 14.3 Å². The summed E-state index contributed by atoms with van der Waals surface area (Å²) in [7, 11) is 0. The van der Waals surface area contributed by atoms with Crippen molar-refractivity contribution in [1.82, 2.24) is 0 Å². The fourth-order valence-electron chi connectivity index (χ4n) is 0.806.